The van der Waals surface area contributed by atoms with E-state index in [1.807, 2.05) is 0 Å². The van der Waals surface area contributed by atoms with Gasteiger partial charge in [-0.05, 0) is 12.1 Å². The number of ketones is 1. The number of esters is 1. The van der Waals surface area contributed by atoms with Crippen molar-refractivity contribution in [1.29, 1.82) is 0 Å². The smallest absolute Gasteiger partial charge is 0.313 e. The van der Waals surface area contributed by atoms with Crippen molar-refractivity contribution in [2.24, 2.45) is 0 Å². The lowest BCUT2D eigenvalue weighted by Crippen LogP contribution is -2.12. The number of alkyl halides is 2. The van der Waals surface area contributed by atoms with Crippen LogP contribution in [-0.2, 0) is 9.53 Å². The molecule has 0 aromatic carbocycles. The maximum atomic E-state index is 12.5. The largest absolute Gasteiger partial charge is 0.469 e. The first kappa shape index (κ1) is 12.2. The van der Waals surface area contributed by atoms with Gasteiger partial charge in [-0.25, -0.2) is 8.78 Å². The summed E-state index contributed by atoms with van der Waals surface area (Å²) in [6, 6.07) is 2.57. The molecule has 0 saturated carbocycles. The number of carbonyl (C=O) groups is 2. The molecule has 86 valence electrons. The molecule has 0 fully saturated rings. The van der Waals surface area contributed by atoms with Gasteiger partial charge in [0.2, 0.25) is 0 Å². The van der Waals surface area contributed by atoms with E-state index in [-0.39, 0.29) is 5.56 Å². The first-order valence-corrected chi connectivity index (χ1v) is 4.39. The van der Waals surface area contributed by atoms with Crippen LogP contribution < -0.4 is 0 Å². The zero-order chi connectivity index (χ0) is 12.1. The van der Waals surface area contributed by atoms with Crippen LogP contribution in [0.1, 0.15) is 28.9 Å². The number of methoxy groups -OCH3 is 1. The van der Waals surface area contributed by atoms with Crippen molar-refractivity contribution in [3.05, 3.63) is 29.6 Å². The zero-order valence-corrected chi connectivity index (χ0v) is 8.44. The number of nitrogens with zero attached hydrogens (tertiary/aromatic N) is 1. The predicted molar refractivity (Wildman–Crippen MR) is 50.2 cm³/mol. The first-order valence-electron chi connectivity index (χ1n) is 4.39. The number of ether oxygens (including phenoxy) is 1. The van der Waals surface area contributed by atoms with E-state index in [4.69, 9.17) is 0 Å². The SMILES string of the molecule is COC(=O)CC(=O)c1cccnc1C(F)F. The number of Topliss-reactive ketones (excluding diaryl/α,β-unsaturated/α-hetero) is 1. The van der Waals surface area contributed by atoms with E-state index >= 15 is 0 Å². The molecule has 0 unspecified atom stereocenters. The quantitative estimate of drug-likeness (QED) is 0.448. The topological polar surface area (TPSA) is 56.3 Å². The van der Waals surface area contributed by atoms with Crippen LogP contribution in [0.15, 0.2) is 18.3 Å². The molecule has 0 amide bonds. The zero-order valence-electron chi connectivity index (χ0n) is 8.44. The summed E-state index contributed by atoms with van der Waals surface area (Å²) in [6.07, 6.45) is -2.25. The van der Waals surface area contributed by atoms with Gasteiger partial charge in [0, 0.05) is 11.8 Å². The number of hydrogen-bond donors (Lipinski definition) is 0. The monoisotopic (exact) mass is 229 g/mol. The highest BCUT2D eigenvalue weighted by molar-refractivity contribution is 6.06. The Balaban J connectivity index is 2.95. The average Bonchev–Trinajstić information content (AvgIpc) is 2.28. The van der Waals surface area contributed by atoms with E-state index in [0.717, 1.165) is 13.3 Å². The molecule has 0 aliphatic heterocycles. The van der Waals surface area contributed by atoms with Crippen molar-refractivity contribution in [2.45, 2.75) is 12.8 Å². The van der Waals surface area contributed by atoms with Crippen molar-refractivity contribution in [2.75, 3.05) is 7.11 Å². The molecule has 0 aliphatic carbocycles. The minimum absolute atomic E-state index is 0.247. The van der Waals surface area contributed by atoms with E-state index < -0.39 is 30.3 Å². The highest BCUT2D eigenvalue weighted by Gasteiger charge is 2.21. The summed E-state index contributed by atoms with van der Waals surface area (Å²) in [4.78, 5) is 25.7. The second kappa shape index (κ2) is 5.29. The molecule has 16 heavy (non-hydrogen) atoms. The summed E-state index contributed by atoms with van der Waals surface area (Å²) >= 11 is 0. The van der Waals surface area contributed by atoms with Gasteiger partial charge in [-0.2, -0.15) is 0 Å². The minimum atomic E-state index is -2.85. The normalized spacial score (nSPS) is 10.2. The van der Waals surface area contributed by atoms with E-state index in [1.54, 1.807) is 0 Å². The Bertz CT molecular complexity index is 407. The first-order chi connectivity index (χ1) is 7.56. The third-order valence-corrected chi connectivity index (χ3v) is 1.88. The Morgan fingerprint density at radius 2 is 2.19 bits per heavy atom. The number of halogens is 2. The van der Waals surface area contributed by atoms with Crippen molar-refractivity contribution >= 4 is 11.8 Å². The van der Waals surface area contributed by atoms with Gasteiger partial charge in [0.15, 0.2) is 5.78 Å². The minimum Gasteiger partial charge on any atom is -0.469 e. The lowest BCUT2D eigenvalue weighted by atomic mass is 10.1. The van der Waals surface area contributed by atoms with Crippen LogP contribution in [0.25, 0.3) is 0 Å². The Hall–Kier alpha value is -1.85. The summed E-state index contributed by atoms with van der Waals surface area (Å²) < 4.78 is 29.2. The molecule has 1 heterocycles. The average molecular weight is 229 g/mol. The lowest BCUT2D eigenvalue weighted by Gasteiger charge is -2.05. The standard InChI is InChI=1S/C10H9F2NO3/c1-16-8(15)5-7(14)6-3-2-4-13-9(6)10(11)12/h2-4,10H,5H2,1H3. The molecule has 0 spiro atoms. The molecule has 0 N–H and O–H groups in total. The Morgan fingerprint density at radius 1 is 1.50 bits per heavy atom. The van der Waals surface area contributed by atoms with Crippen molar-refractivity contribution in [3.63, 3.8) is 0 Å². The third-order valence-electron chi connectivity index (χ3n) is 1.88. The molecule has 0 radical (unpaired) electrons. The van der Waals surface area contributed by atoms with Gasteiger partial charge in [-0.15, -0.1) is 0 Å². The summed E-state index contributed by atoms with van der Waals surface area (Å²) in [6.45, 7) is 0. The van der Waals surface area contributed by atoms with E-state index in [2.05, 4.69) is 9.72 Å². The fourth-order valence-electron chi connectivity index (χ4n) is 1.13. The molecular weight excluding hydrogens is 220 g/mol. The van der Waals surface area contributed by atoms with Gasteiger partial charge in [-0.1, -0.05) is 0 Å². The second-order valence-corrected chi connectivity index (χ2v) is 2.91. The van der Waals surface area contributed by atoms with Gasteiger partial charge < -0.3 is 4.74 Å². The molecule has 0 bridgehead atoms. The second-order valence-electron chi connectivity index (χ2n) is 2.91. The molecular formula is C10H9F2NO3. The molecule has 1 aromatic heterocycles. The van der Waals surface area contributed by atoms with Crippen LogP contribution in [0.5, 0.6) is 0 Å². The van der Waals surface area contributed by atoms with Crippen LogP contribution in [-0.4, -0.2) is 23.8 Å². The molecule has 1 aromatic rings. The van der Waals surface area contributed by atoms with E-state index in [9.17, 15) is 18.4 Å². The van der Waals surface area contributed by atoms with Gasteiger partial charge >= 0.3 is 5.97 Å². The molecule has 6 heteroatoms. The maximum absolute atomic E-state index is 12.5. The van der Waals surface area contributed by atoms with Gasteiger partial charge in [-0.3, -0.25) is 14.6 Å². The summed E-state index contributed by atoms with van der Waals surface area (Å²) in [5.41, 5.74) is -0.862. The number of aromatic nitrogens is 1. The fourth-order valence-corrected chi connectivity index (χ4v) is 1.13. The molecule has 1 rings (SSSR count). The molecule has 4 nitrogen and oxygen atoms in total. The lowest BCUT2D eigenvalue weighted by molar-refractivity contribution is -0.139. The van der Waals surface area contributed by atoms with Crippen molar-refractivity contribution < 1.29 is 23.1 Å². The molecule has 0 saturated heterocycles. The van der Waals surface area contributed by atoms with Crippen LogP contribution in [0, 0.1) is 0 Å². The highest BCUT2D eigenvalue weighted by Crippen LogP contribution is 2.21. The number of carbonyl (C=O) groups excluding carboxylic acids is 2. The summed E-state index contributed by atoms with van der Waals surface area (Å²) in [5.74, 6) is -1.50. The van der Waals surface area contributed by atoms with E-state index in [1.165, 1.54) is 12.1 Å². The van der Waals surface area contributed by atoms with Gasteiger partial charge in [0.05, 0.1) is 7.11 Å². The summed E-state index contributed by atoms with van der Waals surface area (Å²) in [7, 11) is 1.12. The summed E-state index contributed by atoms with van der Waals surface area (Å²) in [5, 5.41) is 0. The van der Waals surface area contributed by atoms with Crippen LogP contribution in [0.2, 0.25) is 0 Å². The number of pyridine rings is 1. The number of hydrogen-bond acceptors (Lipinski definition) is 4. The Morgan fingerprint density at radius 3 is 2.75 bits per heavy atom. The fraction of sp³-hybridized carbons (Fsp3) is 0.300. The van der Waals surface area contributed by atoms with E-state index in [0.29, 0.717) is 0 Å². The third kappa shape index (κ3) is 2.82. The number of rotatable bonds is 4. The van der Waals surface area contributed by atoms with Crippen LogP contribution >= 0.6 is 0 Å². The van der Waals surface area contributed by atoms with Crippen LogP contribution in [0.4, 0.5) is 8.78 Å². The van der Waals surface area contributed by atoms with Crippen molar-refractivity contribution in [1.82, 2.24) is 4.98 Å². The Kier molecular flexibility index (Phi) is 4.04. The molecule has 0 aliphatic rings. The van der Waals surface area contributed by atoms with Crippen LogP contribution in [0.3, 0.4) is 0 Å². The van der Waals surface area contributed by atoms with Gasteiger partial charge in [0.25, 0.3) is 6.43 Å². The Labute approximate surface area is 90.2 Å². The maximum Gasteiger partial charge on any atom is 0.313 e. The predicted octanol–water partition coefficient (Wildman–Crippen LogP) is 1.76. The molecule has 0 atom stereocenters. The highest BCUT2D eigenvalue weighted by atomic mass is 19.3. The van der Waals surface area contributed by atoms with Crippen molar-refractivity contribution in [3.8, 4) is 0 Å². The van der Waals surface area contributed by atoms with Gasteiger partial charge in [0.1, 0.15) is 12.1 Å².